The van der Waals surface area contributed by atoms with Gasteiger partial charge in [0.2, 0.25) is 0 Å². The maximum absolute atomic E-state index is 13.1. The Morgan fingerprint density at radius 3 is 1.96 bits per heavy atom. The van der Waals surface area contributed by atoms with Gasteiger partial charge in [-0.2, -0.15) is 26.3 Å². The van der Waals surface area contributed by atoms with Crippen molar-refractivity contribution in [2.24, 2.45) is 0 Å². The highest BCUT2D eigenvalue weighted by Crippen LogP contribution is 2.48. The Morgan fingerprint density at radius 1 is 1.13 bits per heavy atom. The number of methoxy groups -OCH3 is 1. The molecule has 0 aliphatic carbocycles. The van der Waals surface area contributed by atoms with Crippen LogP contribution in [0.5, 0.6) is 0 Å². The lowest BCUT2D eigenvalue weighted by atomic mass is 10.1. The first-order chi connectivity index (χ1) is 10.2. The molecule has 1 unspecified atom stereocenters. The Morgan fingerprint density at radius 2 is 1.61 bits per heavy atom. The van der Waals surface area contributed by atoms with Gasteiger partial charge in [-0.1, -0.05) is 13.1 Å². The summed E-state index contributed by atoms with van der Waals surface area (Å²) in [5, 5.41) is 1.92. The molecule has 0 aliphatic rings. The van der Waals surface area contributed by atoms with Crippen LogP contribution in [0.25, 0.3) is 0 Å². The summed E-state index contributed by atoms with van der Waals surface area (Å²) in [6.45, 7) is 0.852. The number of carbonyl (C=O) groups is 1. The number of hydrogen-bond acceptors (Lipinski definition) is 3. The normalized spacial score (nSPS) is 15.0. The van der Waals surface area contributed by atoms with Crippen molar-refractivity contribution < 1.29 is 49.4 Å². The fourth-order valence-corrected chi connectivity index (χ4v) is 2.30. The first-order valence-electron chi connectivity index (χ1n) is 6.08. The van der Waals surface area contributed by atoms with Gasteiger partial charge in [0.1, 0.15) is 5.85 Å². The van der Waals surface area contributed by atoms with E-state index >= 15 is 0 Å². The molecule has 4 nitrogen and oxygen atoms in total. The fourth-order valence-electron chi connectivity index (χ4n) is 1.28. The van der Waals surface area contributed by atoms with E-state index in [0.717, 1.165) is 0 Å². The average Bonchev–Trinajstić information content (AvgIpc) is 2.41. The summed E-state index contributed by atoms with van der Waals surface area (Å²) in [6.07, 6.45) is -6.66. The first-order valence-corrected chi connectivity index (χ1v) is 9.06. The molecule has 23 heavy (non-hydrogen) atoms. The molecule has 0 spiro atoms. The van der Waals surface area contributed by atoms with Gasteiger partial charge in [0.25, 0.3) is 0 Å². The Labute approximate surface area is 127 Å². The molecular weight excluding hydrogens is 362 g/mol. The van der Waals surface area contributed by atoms with Crippen molar-refractivity contribution in [2.45, 2.75) is 43.1 Å². The SMILES string of the molecule is COC(NC(=O)OCC(F)(F)C(F)(F)C(F)(F)C(F)F)[SiH](C)C. The molecule has 0 aromatic heterocycles. The molecule has 0 aromatic rings. The van der Waals surface area contributed by atoms with E-state index in [9.17, 15) is 39.9 Å². The van der Waals surface area contributed by atoms with E-state index in [-0.39, 0.29) is 0 Å². The van der Waals surface area contributed by atoms with Gasteiger partial charge in [-0.05, 0) is 0 Å². The molecule has 0 bridgehead atoms. The minimum Gasteiger partial charge on any atom is -0.443 e. The number of rotatable bonds is 8. The van der Waals surface area contributed by atoms with E-state index in [1.807, 2.05) is 5.32 Å². The van der Waals surface area contributed by atoms with Crippen LogP contribution in [0.3, 0.4) is 0 Å². The number of amides is 1. The summed E-state index contributed by atoms with van der Waals surface area (Å²) in [7, 11) is -0.502. The molecule has 13 heteroatoms. The highest BCUT2D eigenvalue weighted by molar-refractivity contribution is 6.57. The van der Waals surface area contributed by atoms with Crippen LogP contribution in [-0.2, 0) is 9.47 Å². The van der Waals surface area contributed by atoms with Crippen molar-refractivity contribution in [3.05, 3.63) is 0 Å². The van der Waals surface area contributed by atoms with E-state index in [1.54, 1.807) is 13.1 Å². The van der Waals surface area contributed by atoms with Crippen molar-refractivity contribution in [1.82, 2.24) is 5.32 Å². The predicted octanol–water partition coefficient (Wildman–Crippen LogP) is 2.88. The van der Waals surface area contributed by atoms with Gasteiger partial charge >= 0.3 is 30.3 Å². The lowest BCUT2D eigenvalue weighted by molar-refractivity contribution is -0.343. The maximum atomic E-state index is 13.1. The number of nitrogens with one attached hydrogen (secondary N) is 1. The van der Waals surface area contributed by atoms with Crippen LogP contribution in [0.2, 0.25) is 13.1 Å². The molecule has 0 saturated carbocycles. The summed E-state index contributed by atoms with van der Waals surface area (Å²) in [6, 6.07) is 0. The Balaban J connectivity index is 4.91. The van der Waals surface area contributed by atoms with Gasteiger partial charge in [-0.3, -0.25) is 5.32 Å². The minimum absolute atomic E-state index is 0.890. The predicted molar refractivity (Wildman–Crippen MR) is 65.0 cm³/mol. The quantitative estimate of drug-likeness (QED) is 0.402. The van der Waals surface area contributed by atoms with Crippen LogP contribution in [0, 0.1) is 0 Å². The summed E-state index contributed by atoms with van der Waals surface area (Å²) in [5.74, 6) is -19.3. The summed E-state index contributed by atoms with van der Waals surface area (Å²) < 4.78 is 109. The van der Waals surface area contributed by atoms with Crippen molar-refractivity contribution in [3.8, 4) is 0 Å². The van der Waals surface area contributed by atoms with E-state index in [2.05, 4.69) is 4.74 Å². The zero-order valence-electron chi connectivity index (χ0n) is 12.2. The lowest BCUT2D eigenvalue weighted by Gasteiger charge is -2.31. The number of alkyl carbamates (subject to hydrolysis) is 1. The Bertz CT molecular complexity index is 408. The van der Waals surface area contributed by atoms with Gasteiger partial charge in [0.15, 0.2) is 6.61 Å². The van der Waals surface area contributed by atoms with Gasteiger partial charge < -0.3 is 9.47 Å². The lowest BCUT2D eigenvalue weighted by Crippen LogP contribution is -2.59. The molecule has 1 N–H and O–H groups in total. The molecule has 0 saturated heterocycles. The van der Waals surface area contributed by atoms with Gasteiger partial charge in [0.05, 0.1) is 8.80 Å². The van der Waals surface area contributed by atoms with Crippen LogP contribution >= 0.6 is 0 Å². The van der Waals surface area contributed by atoms with Gasteiger partial charge in [-0.25, -0.2) is 13.6 Å². The Hall–Kier alpha value is -1.11. The van der Waals surface area contributed by atoms with E-state index in [0.29, 0.717) is 0 Å². The standard InChI is InChI=1S/C10H15F8NO3Si/c1-21-7(23(2)3)19-6(20)22-4-8(13,14)10(17,18)9(15,16)5(11)12/h5,7,23H,4H2,1-3H3,(H,19,20). The van der Waals surface area contributed by atoms with Crippen LogP contribution in [0.15, 0.2) is 0 Å². The van der Waals surface area contributed by atoms with Crippen molar-refractivity contribution >= 4 is 14.9 Å². The summed E-state index contributed by atoms with van der Waals surface area (Å²) in [5.41, 5.74) is 0. The average molecular weight is 377 g/mol. The van der Waals surface area contributed by atoms with Crippen molar-refractivity contribution in [3.63, 3.8) is 0 Å². The summed E-state index contributed by atoms with van der Waals surface area (Å²) in [4.78, 5) is 11.2. The molecule has 0 radical (unpaired) electrons. The minimum atomic E-state index is -6.41. The van der Waals surface area contributed by atoms with Crippen LogP contribution in [0.4, 0.5) is 39.9 Å². The molecule has 0 aromatic carbocycles. The van der Waals surface area contributed by atoms with E-state index in [4.69, 9.17) is 4.74 Å². The largest absolute Gasteiger partial charge is 0.443 e. The molecule has 0 heterocycles. The second-order valence-electron chi connectivity index (χ2n) is 4.82. The second-order valence-corrected chi connectivity index (χ2v) is 7.92. The van der Waals surface area contributed by atoms with Crippen LogP contribution in [0.1, 0.15) is 0 Å². The highest BCUT2D eigenvalue weighted by atomic mass is 28.3. The molecule has 0 fully saturated rings. The van der Waals surface area contributed by atoms with Crippen molar-refractivity contribution in [2.75, 3.05) is 13.7 Å². The zero-order chi connectivity index (χ0) is 18.6. The second kappa shape index (κ2) is 7.64. The zero-order valence-corrected chi connectivity index (χ0v) is 13.3. The molecule has 1 amide bonds. The van der Waals surface area contributed by atoms with Crippen LogP contribution in [-0.4, -0.2) is 58.7 Å². The molecule has 0 rings (SSSR count). The third-order valence-corrected chi connectivity index (χ3v) is 4.31. The van der Waals surface area contributed by atoms with Crippen molar-refractivity contribution in [1.29, 1.82) is 0 Å². The summed E-state index contributed by atoms with van der Waals surface area (Å²) >= 11 is 0. The van der Waals surface area contributed by atoms with E-state index in [1.165, 1.54) is 7.11 Å². The van der Waals surface area contributed by atoms with E-state index < -0.39 is 51.5 Å². The smallest absolute Gasteiger partial charge is 0.409 e. The van der Waals surface area contributed by atoms with Gasteiger partial charge in [-0.15, -0.1) is 0 Å². The van der Waals surface area contributed by atoms with Gasteiger partial charge in [0, 0.05) is 7.11 Å². The molecule has 0 aliphatic heterocycles. The highest BCUT2D eigenvalue weighted by Gasteiger charge is 2.75. The molecular formula is C10H15F8NO3Si. The van der Waals surface area contributed by atoms with Crippen LogP contribution < -0.4 is 5.32 Å². The molecule has 138 valence electrons. The Kier molecular flexibility index (Phi) is 7.27. The topological polar surface area (TPSA) is 47.6 Å². The third-order valence-electron chi connectivity index (χ3n) is 2.66. The number of alkyl halides is 8. The number of hydrogen-bond donors (Lipinski definition) is 1. The third kappa shape index (κ3) is 4.93. The number of halogens is 8. The molecule has 1 atom stereocenters. The maximum Gasteiger partial charge on any atom is 0.409 e. The monoisotopic (exact) mass is 377 g/mol. The number of ether oxygens (including phenoxy) is 2. The number of carbonyl (C=O) groups excluding carboxylic acids is 1. The first kappa shape index (κ1) is 21.9. The fraction of sp³-hybridized carbons (Fsp3) is 0.900.